The van der Waals surface area contributed by atoms with Crippen molar-refractivity contribution in [3.63, 3.8) is 0 Å². The maximum absolute atomic E-state index is 15.4. The Kier molecular flexibility index (Phi) is 6.21. The lowest BCUT2D eigenvalue weighted by atomic mass is 9.60. The largest absolute Gasteiger partial charge is 0.473 e. The SMILES string of the molecule is O=c1c2ccccc2nc2n1[C@@]1(c3ccccc3)C(c3ccccc3)=C(c3ccccc3)O[C@@]1(c1ccccc1)c1c(Br)cccc1-2. The highest BCUT2D eigenvalue weighted by atomic mass is 79.9. The molecule has 0 amide bonds. The van der Waals surface area contributed by atoms with Crippen molar-refractivity contribution in [3.8, 4) is 11.4 Å². The van der Waals surface area contributed by atoms with E-state index in [2.05, 4.69) is 76.6 Å². The van der Waals surface area contributed by atoms with Gasteiger partial charge in [0, 0.05) is 32.3 Å². The first-order valence-corrected chi connectivity index (χ1v) is 16.4. The average molecular weight is 672 g/mol. The fraction of sp³-hybridized carbons (Fsp3) is 0.0476. The van der Waals surface area contributed by atoms with Crippen LogP contribution in [0.2, 0.25) is 0 Å². The van der Waals surface area contributed by atoms with Crippen molar-refractivity contribution in [2.45, 2.75) is 11.1 Å². The molecule has 2 aliphatic rings. The van der Waals surface area contributed by atoms with Crippen LogP contribution in [0.1, 0.15) is 27.8 Å². The van der Waals surface area contributed by atoms with Gasteiger partial charge in [-0.1, -0.05) is 162 Å². The third-order valence-corrected chi connectivity index (χ3v) is 10.2. The maximum Gasteiger partial charge on any atom is 0.262 e. The third kappa shape index (κ3) is 3.69. The second kappa shape index (κ2) is 10.5. The highest BCUT2D eigenvalue weighted by Gasteiger charge is 2.70. The number of hydrogen-bond donors (Lipinski definition) is 0. The fourth-order valence-corrected chi connectivity index (χ4v) is 8.44. The third-order valence-electron chi connectivity index (χ3n) is 9.54. The van der Waals surface area contributed by atoms with Crippen LogP contribution in [-0.2, 0) is 15.9 Å². The molecule has 1 aromatic heterocycles. The number of ether oxygens (including phenoxy) is 1. The Morgan fingerprint density at radius 2 is 1.17 bits per heavy atom. The summed E-state index contributed by atoms with van der Waals surface area (Å²) in [4.78, 5) is 20.7. The Morgan fingerprint density at radius 3 is 1.85 bits per heavy atom. The fourth-order valence-electron chi connectivity index (χ4n) is 7.79. The molecule has 2 atom stereocenters. The van der Waals surface area contributed by atoms with E-state index in [1.807, 2.05) is 108 Å². The molecule has 9 rings (SSSR count). The van der Waals surface area contributed by atoms with Crippen LogP contribution in [0.15, 0.2) is 173 Å². The lowest BCUT2D eigenvalue weighted by Gasteiger charge is -2.52. The van der Waals surface area contributed by atoms with E-state index in [0.717, 1.165) is 43.4 Å². The summed E-state index contributed by atoms with van der Waals surface area (Å²) in [6.45, 7) is 0. The summed E-state index contributed by atoms with van der Waals surface area (Å²) >= 11 is 4.01. The van der Waals surface area contributed by atoms with Crippen molar-refractivity contribution in [2.75, 3.05) is 0 Å². The van der Waals surface area contributed by atoms with Crippen LogP contribution in [0.3, 0.4) is 0 Å². The number of benzene rings is 6. The van der Waals surface area contributed by atoms with E-state index in [1.165, 1.54) is 0 Å². The summed E-state index contributed by atoms with van der Waals surface area (Å²) in [5.41, 5.74) is 4.36. The van der Waals surface area contributed by atoms with Gasteiger partial charge in [0.1, 0.15) is 11.6 Å². The Labute approximate surface area is 280 Å². The molecule has 224 valence electrons. The first-order valence-electron chi connectivity index (χ1n) is 15.6. The molecule has 0 fully saturated rings. The van der Waals surface area contributed by atoms with Gasteiger partial charge in [0.25, 0.3) is 5.56 Å². The zero-order chi connectivity index (χ0) is 31.6. The highest BCUT2D eigenvalue weighted by molar-refractivity contribution is 9.10. The predicted molar refractivity (Wildman–Crippen MR) is 191 cm³/mol. The van der Waals surface area contributed by atoms with E-state index >= 15 is 4.79 Å². The van der Waals surface area contributed by atoms with E-state index < -0.39 is 11.1 Å². The predicted octanol–water partition coefficient (Wildman–Crippen LogP) is 9.43. The van der Waals surface area contributed by atoms with Gasteiger partial charge in [-0.2, -0.15) is 0 Å². The molecular weight excluding hydrogens is 644 g/mol. The Bertz CT molecular complexity index is 2410. The van der Waals surface area contributed by atoms with Gasteiger partial charge in [0.2, 0.25) is 0 Å². The number of para-hydroxylation sites is 1. The number of nitrogens with zero attached hydrogens (tertiary/aromatic N) is 2. The molecule has 5 heteroatoms. The van der Waals surface area contributed by atoms with Gasteiger partial charge in [0.05, 0.1) is 10.9 Å². The molecule has 0 saturated carbocycles. The van der Waals surface area contributed by atoms with Gasteiger partial charge < -0.3 is 4.74 Å². The van der Waals surface area contributed by atoms with Crippen molar-refractivity contribution in [1.82, 2.24) is 9.55 Å². The van der Waals surface area contributed by atoms with E-state index in [0.29, 0.717) is 22.5 Å². The summed E-state index contributed by atoms with van der Waals surface area (Å²) in [7, 11) is 0. The number of fused-ring (bicyclic) bond motifs is 7. The van der Waals surface area contributed by atoms with Gasteiger partial charge >= 0.3 is 0 Å². The number of halogens is 1. The van der Waals surface area contributed by atoms with Gasteiger partial charge in [-0.3, -0.25) is 9.36 Å². The molecule has 0 bridgehead atoms. The molecule has 3 heterocycles. The molecule has 0 aliphatic carbocycles. The van der Waals surface area contributed by atoms with Gasteiger partial charge in [-0.15, -0.1) is 0 Å². The Hall–Kier alpha value is -5.52. The smallest absolute Gasteiger partial charge is 0.262 e. The molecule has 0 radical (unpaired) electrons. The zero-order valence-corrected chi connectivity index (χ0v) is 26.8. The summed E-state index contributed by atoms with van der Waals surface area (Å²) in [6.07, 6.45) is 0. The molecule has 0 spiro atoms. The summed E-state index contributed by atoms with van der Waals surface area (Å²) in [6, 6.07) is 54.9. The van der Waals surface area contributed by atoms with Crippen LogP contribution < -0.4 is 5.56 Å². The minimum Gasteiger partial charge on any atom is -0.473 e. The molecule has 0 saturated heterocycles. The summed E-state index contributed by atoms with van der Waals surface area (Å²) in [5, 5.41) is 0.549. The van der Waals surface area contributed by atoms with E-state index in [-0.39, 0.29) is 5.56 Å². The molecule has 7 aromatic rings. The van der Waals surface area contributed by atoms with E-state index in [4.69, 9.17) is 9.72 Å². The summed E-state index contributed by atoms with van der Waals surface area (Å²) in [5.74, 6) is 1.30. The summed E-state index contributed by atoms with van der Waals surface area (Å²) < 4.78 is 10.5. The van der Waals surface area contributed by atoms with Crippen molar-refractivity contribution >= 4 is 38.2 Å². The van der Waals surface area contributed by atoms with Crippen molar-refractivity contribution in [3.05, 3.63) is 206 Å². The minimum atomic E-state index is -1.25. The number of aromatic nitrogens is 2. The van der Waals surface area contributed by atoms with Crippen molar-refractivity contribution < 1.29 is 4.74 Å². The molecule has 2 aliphatic heterocycles. The molecule has 47 heavy (non-hydrogen) atoms. The molecular formula is C42H27BrN2O2. The van der Waals surface area contributed by atoms with Crippen molar-refractivity contribution in [1.29, 1.82) is 0 Å². The zero-order valence-electron chi connectivity index (χ0n) is 25.2. The minimum absolute atomic E-state index is 0.133. The number of rotatable bonds is 4. The second-order valence-corrected chi connectivity index (χ2v) is 12.8. The lowest BCUT2D eigenvalue weighted by molar-refractivity contribution is 0.0225. The molecule has 0 N–H and O–H groups in total. The van der Waals surface area contributed by atoms with Crippen LogP contribution in [0.5, 0.6) is 0 Å². The van der Waals surface area contributed by atoms with E-state index in [1.54, 1.807) is 0 Å². The first-order chi connectivity index (χ1) is 23.2. The first kappa shape index (κ1) is 27.8. The maximum atomic E-state index is 15.4. The van der Waals surface area contributed by atoms with Crippen LogP contribution in [0, 0.1) is 0 Å². The van der Waals surface area contributed by atoms with Crippen LogP contribution in [0.25, 0.3) is 33.6 Å². The number of hydrogen-bond acceptors (Lipinski definition) is 3. The topological polar surface area (TPSA) is 44.1 Å². The van der Waals surface area contributed by atoms with Crippen LogP contribution >= 0.6 is 15.9 Å². The van der Waals surface area contributed by atoms with Crippen molar-refractivity contribution in [2.24, 2.45) is 0 Å². The van der Waals surface area contributed by atoms with Crippen LogP contribution in [-0.4, -0.2) is 9.55 Å². The standard InChI is InChI=1S/C42H27BrN2O2/c43-34-26-15-25-33-37(34)42(31-22-11-4-12-23-31)41(30-20-9-3-10-21-30,45-39(33)44-35-27-14-13-24-32(35)40(45)46)36(28-16-5-1-6-17-28)38(47-42)29-18-7-2-8-19-29/h1-27H/t41-,42-/m0/s1. The monoisotopic (exact) mass is 670 g/mol. The molecule has 6 aromatic carbocycles. The van der Waals surface area contributed by atoms with Gasteiger partial charge in [-0.05, 0) is 29.3 Å². The van der Waals surface area contributed by atoms with E-state index in [9.17, 15) is 0 Å². The van der Waals surface area contributed by atoms with Crippen LogP contribution in [0.4, 0.5) is 0 Å². The Morgan fingerprint density at radius 1 is 0.596 bits per heavy atom. The molecule has 0 unspecified atom stereocenters. The second-order valence-electron chi connectivity index (χ2n) is 11.9. The van der Waals surface area contributed by atoms with Gasteiger partial charge in [0.15, 0.2) is 11.1 Å². The normalized spacial score (nSPS) is 19.5. The quantitative estimate of drug-likeness (QED) is 0.187. The molecule has 4 nitrogen and oxygen atoms in total. The Balaban J connectivity index is 1.62. The highest BCUT2D eigenvalue weighted by Crippen LogP contribution is 2.68. The van der Waals surface area contributed by atoms with Gasteiger partial charge in [-0.25, -0.2) is 4.98 Å². The average Bonchev–Trinajstić information content (AvgIpc) is 3.47. The lowest BCUT2D eigenvalue weighted by Crippen LogP contribution is -2.59.